The van der Waals surface area contributed by atoms with Crippen LogP contribution in [0.3, 0.4) is 0 Å². The van der Waals surface area contributed by atoms with E-state index in [1.807, 2.05) is 5.38 Å². The summed E-state index contributed by atoms with van der Waals surface area (Å²) < 4.78 is 0. The zero-order chi connectivity index (χ0) is 11.5. The maximum Gasteiger partial charge on any atom is 0.269 e. The fourth-order valence-corrected chi connectivity index (χ4v) is 2.10. The van der Waals surface area contributed by atoms with Crippen molar-refractivity contribution in [2.24, 2.45) is 5.73 Å². The van der Waals surface area contributed by atoms with Crippen LogP contribution in [0.5, 0.6) is 0 Å². The van der Waals surface area contributed by atoms with Crippen molar-refractivity contribution >= 4 is 17.0 Å². The van der Waals surface area contributed by atoms with Crippen LogP contribution in [0.25, 0.3) is 10.6 Å². The molecular weight excluding hydrogens is 226 g/mol. The van der Waals surface area contributed by atoms with Gasteiger partial charge in [-0.15, -0.1) is 11.3 Å². The molecule has 2 aromatic rings. The first-order chi connectivity index (χ1) is 7.70. The minimum atomic E-state index is -0.420. The van der Waals surface area contributed by atoms with Crippen LogP contribution < -0.4 is 5.73 Å². The van der Waals surface area contributed by atoms with E-state index < -0.39 is 4.92 Å². The highest BCUT2D eigenvalue weighted by molar-refractivity contribution is 7.13. The predicted molar refractivity (Wildman–Crippen MR) is 62.1 cm³/mol. The van der Waals surface area contributed by atoms with Gasteiger partial charge in [-0.1, -0.05) is 0 Å². The number of hydrogen-bond donors (Lipinski definition) is 1. The molecule has 0 atom stereocenters. The lowest BCUT2D eigenvalue weighted by Gasteiger charge is -1.95. The van der Waals surface area contributed by atoms with E-state index in [-0.39, 0.29) is 5.69 Å². The van der Waals surface area contributed by atoms with Crippen molar-refractivity contribution in [1.82, 2.24) is 4.98 Å². The van der Waals surface area contributed by atoms with Crippen molar-refractivity contribution in [3.05, 3.63) is 45.5 Å². The molecule has 5 nitrogen and oxygen atoms in total. The number of nitrogens with two attached hydrogens (primary N) is 1. The van der Waals surface area contributed by atoms with E-state index in [2.05, 4.69) is 4.98 Å². The number of nitro benzene ring substituents is 1. The van der Waals surface area contributed by atoms with E-state index in [0.29, 0.717) is 6.54 Å². The van der Waals surface area contributed by atoms with Gasteiger partial charge < -0.3 is 5.73 Å². The summed E-state index contributed by atoms with van der Waals surface area (Å²) in [5, 5.41) is 13.2. The van der Waals surface area contributed by atoms with E-state index in [9.17, 15) is 10.1 Å². The highest BCUT2D eigenvalue weighted by atomic mass is 32.1. The van der Waals surface area contributed by atoms with Gasteiger partial charge in [-0.2, -0.15) is 0 Å². The van der Waals surface area contributed by atoms with Crippen molar-refractivity contribution in [2.45, 2.75) is 6.54 Å². The average Bonchev–Trinajstić information content (AvgIpc) is 2.77. The van der Waals surface area contributed by atoms with Crippen LogP contribution in [0.4, 0.5) is 5.69 Å². The van der Waals surface area contributed by atoms with Crippen molar-refractivity contribution in [2.75, 3.05) is 0 Å². The summed E-state index contributed by atoms with van der Waals surface area (Å²) in [6, 6.07) is 6.33. The lowest BCUT2D eigenvalue weighted by molar-refractivity contribution is -0.384. The second kappa shape index (κ2) is 4.38. The van der Waals surface area contributed by atoms with Crippen LogP contribution in [0.15, 0.2) is 29.6 Å². The van der Waals surface area contributed by atoms with Gasteiger partial charge in [0.2, 0.25) is 0 Å². The summed E-state index contributed by atoms with van der Waals surface area (Å²) >= 11 is 1.48. The van der Waals surface area contributed by atoms with Gasteiger partial charge in [0.15, 0.2) is 0 Å². The van der Waals surface area contributed by atoms with Crippen molar-refractivity contribution in [1.29, 1.82) is 0 Å². The molecule has 1 heterocycles. The summed E-state index contributed by atoms with van der Waals surface area (Å²) in [5.41, 5.74) is 7.25. The van der Waals surface area contributed by atoms with Gasteiger partial charge in [-0.05, 0) is 12.1 Å². The summed E-state index contributed by atoms with van der Waals surface area (Å²) in [6.07, 6.45) is 0. The predicted octanol–water partition coefficient (Wildman–Crippen LogP) is 2.18. The quantitative estimate of drug-likeness (QED) is 0.653. The molecule has 2 rings (SSSR count). The molecule has 0 aliphatic heterocycles. The number of aromatic nitrogens is 1. The molecule has 0 spiro atoms. The maximum absolute atomic E-state index is 10.5. The molecule has 0 unspecified atom stereocenters. The molecule has 0 radical (unpaired) electrons. The molecule has 0 bridgehead atoms. The monoisotopic (exact) mass is 235 g/mol. The third kappa shape index (κ3) is 2.07. The average molecular weight is 235 g/mol. The Kier molecular flexibility index (Phi) is 2.93. The molecule has 0 saturated carbocycles. The van der Waals surface area contributed by atoms with E-state index in [4.69, 9.17) is 5.73 Å². The molecule has 0 aliphatic rings. The number of nitrogens with zero attached hydrogens (tertiary/aromatic N) is 2. The molecular formula is C10H9N3O2S. The molecule has 0 aliphatic carbocycles. The van der Waals surface area contributed by atoms with Crippen LogP contribution in [-0.2, 0) is 6.54 Å². The summed E-state index contributed by atoms with van der Waals surface area (Å²) in [6.45, 7) is 0.406. The topological polar surface area (TPSA) is 82.0 Å². The van der Waals surface area contributed by atoms with Crippen LogP contribution in [0.1, 0.15) is 5.69 Å². The molecule has 0 fully saturated rings. The minimum Gasteiger partial charge on any atom is -0.325 e. The minimum absolute atomic E-state index is 0.0827. The Labute approximate surface area is 95.7 Å². The van der Waals surface area contributed by atoms with Gasteiger partial charge in [0, 0.05) is 29.6 Å². The molecule has 0 saturated heterocycles. The Morgan fingerprint density at radius 3 is 2.56 bits per heavy atom. The summed E-state index contributed by atoms with van der Waals surface area (Å²) in [7, 11) is 0. The van der Waals surface area contributed by atoms with E-state index in [1.165, 1.54) is 23.5 Å². The van der Waals surface area contributed by atoms with E-state index in [0.717, 1.165) is 16.3 Å². The second-order valence-corrected chi connectivity index (χ2v) is 4.01. The second-order valence-electron chi connectivity index (χ2n) is 3.15. The zero-order valence-corrected chi connectivity index (χ0v) is 9.11. The molecule has 6 heteroatoms. The van der Waals surface area contributed by atoms with Crippen molar-refractivity contribution in [3.8, 4) is 10.6 Å². The number of nitro groups is 1. The smallest absolute Gasteiger partial charge is 0.269 e. The number of benzene rings is 1. The fraction of sp³-hybridized carbons (Fsp3) is 0.100. The Morgan fingerprint density at radius 2 is 2.06 bits per heavy atom. The van der Waals surface area contributed by atoms with Crippen LogP contribution in [0.2, 0.25) is 0 Å². The first-order valence-corrected chi connectivity index (χ1v) is 5.48. The summed E-state index contributed by atoms with van der Waals surface area (Å²) in [4.78, 5) is 14.4. The Morgan fingerprint density at radius 1 is 1.38 bits per heavy atom. The molecule has 2 N–H and O–H groups in total. The Bertz CT molecular complexity index is 507. The Balaban J connectivity index is 2.30. The number of non-ortho nitro benzene ring substituents is 1. The van der Waals surface area contributed by atoms with Gasteiger partial charge in [0.05, 0.1) is 10.6 Å². The lowest BCUT2D eigenvalue weighted by Crippen LogP contribution is -1.95. The molecule has 1 aromatic carbocycles. The van der Waals surface area contributed by atoms with Gasteiger partial charge >= 0.3 is 0 Å². The highest BCUT2D eigenvalue weighted by Crippen LogP contribution is 2.25. The van der Waals surface area contributed by atoms with Crippen molar-refractivity contribution < 1.29 is 4.92 Å². The summed E-state index contributed by atoms with van der Waals surface area (Å²) in [5.74, 6) is 0. The zero-order valence-electron chi connectivity index (χ0n) is 8.29. The lowest BCUT2D eigenvalue weighted by atomic mass is 10.2. The van der Waals surface area contributed by atoms with Gasteiger partial charge in [-0.25, -0.2) is 4.98 Å². The van der Waals surface area contributed by atoms with E-state index >= 15 is 0 Å². The number of rotatable bonds is 3. The molecule has 1 aromatic heterocycles. The number of hydrogen-bond acceptors (Lipinski definition) is 5. The first-order valence-electron chi connectivity index (χ1n) is 4.60. The largest absolute Gasteiger partial charge is 0.325 e. The maximum atomic E-state index is 10.5. The van der Waals surface area contributed by atoms with Gasteiger partial charge in [0.1, 0.15) is 5.01 Å². The van der Waals surface area contributed by atoms with Gasteiger partial charge in [-0.3, -0.25) is 10.1 Å². The Hall–Kier alpha value is -1.79. The SMILES string of the molecule is NCc1csc(-c2ccc([N+](=O)[O-])cc2)n1. The highest BCUT2D eigenvalue weighted by Gasteiger charge is 2.07. The van der Waals surface area contributed by atoms with Crippen molar-refractivity contribution in [3.63, 3.8) is 0 Å². The number of thiazole rings is 1. The normalized spacial score (nSPS) is 10.3. The first kappa shape index (κ1) is 10.7. The van der Waals surface area contributed by atoms with Crippen LogP contribution >= 0.6 is 11.3 Å². The van der Waals surface area contributed by atoms with Crippen LogP contribution in [-0.4, -0.2) is 9.91 Å². The standard InChI is InChI=1S/C10H9N3O2S/c11-5-8-6-16-10(12-8)7-1-3-9(4-2-7)13(14)15/h1-4,6H,5,11H2. The molecule has 16 heavy (non-hydrogen) atoms. The van der Waals surface area contributed by atoms with E-state index in [1.54, 1.807) is 12.1 Å². The van der Waals surface area contributed by atoms with Crippen LogP contribution in [0, 0.1) is 10.1 Å². The molecule has 82 valence electrons. The fourth-order valence-electron chi connectivity index (χ4n) is 1.26. The van der Waals surface area contributed by atoms with Gasteiger partial charge in [0.25, 0.3) is 5.69 Å². The third-order valence-electron chi connectivity index (χ3n) is 2.09. The third-order valence-corrected chi connectivity index (χ3v) is 3.03. The molecule has 0 amide bonds.